The topological polar surface area (TPSA) is 132 Å². The predicted molar refractivity (Wildman–Crippen MR) is 50.1 cm³/mol. The van der Waals surface area contributed by atoms with Crippen molar-refractivity contribution in [1.82, 2.24) is 0 Å². The molecule has 0 aliphatic carbocycles. The molecule has 0 radical (unpaired) electrons. The lowest BCUT2D eigenvalue weighted by Crippen LogP contribution is -2.22. The third-order valence-electron chi connectivity index (χ3n) is 0.635. The molecule has 0 saturated carbocycles. The lowest BCUT2D eigenvalue weighted by atomic mass is 10.4. The van der Waals surface area contributed by atoms with Gasteiger partial charge in [-0.1, -0.05) is 6.58 Å². The second-order valence-corrected chi connectivity index (χ2v) is 1.91. The quantitative estimate of drug-likeness (QED) is 0.370. The molecular formula is C8H12N2O5-2. The number of aliphatic carboxylic acids is 1. The fourth-order valence-corrected chi connectivity index (χ4v) is 0.142. The molecule has 0 unspecified atom stereocenters. The first-order valence-corrected chi connectivity index (χ1v) is 3.63. The first-order chi connectivity index (χ1) is 6.83. The average Bonchev–Trinajstić information content (AvgIpc) is 2.05. The summed E-state index contributed by atoms with van der Waals surface area (Å²) in [6, 6.07) is 0. The first kappa shape index (κ1) is 18.6. The number of nitrogens with zero attached hydrogens (tertiary/aromatic N) is 1. The Kier molecular flexibility index (Phi) is 17.8. The third-order valence-corrected chi connectivity index (χ3v) is 0.635. The molecule has 0 aliphatic rings. The Labute approximate surface area is 87.0 Å². The van der Waals surface area contributed by atoms with Gasteiger partial charge in [0.2, 0.25) is 0 Å². The summed E-state index contributed by atoms with van der Waals surface area (Å²) in [6.45, 7) is 6.53. The SMILES string of the molecule is C=C(C)C(=O)[O-].CCOC(N)=O.[N-]=C=O. The summed E-state index contributed by atoms with van der Waals surface area (Å²) in [5, 5.41) is 16.3. The zero-order valence-electron chi connectivity index (χ0n) is 8.48. The highest BCUT2D eigenvalue weighted by molar-refractivity contribution is 5.82. The molecule has 0 heterocycles. The van der Waals surface area contributed by atoms with E-state index >= 15 is 0 Å². The molecule has 0 aromatic heterocycles. The van der Waals surface area contributed by atoms with E-state index in [0.29, 0.717) is 12.7 Å². The molecule has 86 valence electrons. The summed E-state index contributed by atoms with van der Waals surface area (Å²) in [5.74, 6) is -1.19. The molecule has 15 heavy (non-hydrogen) atoms. The van der Waals surface area contributed by atoms with E-state index in [2.05, 4.69) is 17.0 Å². The molecule has 0 bridgehead atoms. The van der Waals surface area contributed by atoms with Gasteiger partial charge in [0.25, 0.3) is 0 Å². The minimum absolute atomic E-state index is 0.0648. The molecule has 0 aromatic carbocycles. The molecular weight excluding hydrogens is 204 g/mol. The van der Waals surface area contributed by atoms with Crippen LogP contribution in [0.4, 0.5) is 4.79 Å². The first-order valence-electron chi connectivity index (χ1n) is 3.63. The van der Waals surface area contributed by atoms with Crippen molar-refractivity contribution in [2.24, 2.45) is 5.73 Å². The molecule has 0 atom stereocenters. The smallest absolute Gasteiger partial charge is 0.404 e. The number of carbonyl (C=O) groups is 2. The van der Waals surface area contributed by atoms with Gasteiger partial charge >= 0.3 is 6.09 Å². The minimum Gasteiger partial charge on any atom is -0.724 e. The van der Waals surface area contributed by atoms with Crippen molar-refractivity contribution in [2.45, 2.75) is 13.8 Å². The molecule has 7 nitrogen and oxygen atoms in total. The molecule has 0 rings (SSSR count). The van der Waals surface area contributed by atoms with Crippen molar-refractivity contribution < 1.29 is 24.2 Å². The largest absolute Gasteiger partial charge is 0.724 e. The molecule has 0 fully saturated rings. The van der Waals surface area contributed by atoms with Gasteiger partial charge in [-0.2, -0.15) is 0 Å². The Morgan fingerprint density at radius 3 is 1.87 bits per heavy atom. The molecule has 1 amide bonds. The second kappa shape index (κ2) is 14.4. The molecule has 0 saturated heterocycles. The van der Waals surface area contributed by atoms with E-state index in [1.165, 1.54) is 6.92 Å². The average molecular weight is 216 g/mol. The van der Waals surface area contributed by atoms with Crippen LogP contribution in [0, 0.1) is 0 Å². The van der Waals surface area contributed by atoms with Gasteiger partial charge in [0, 0.05) is 0 Å². The number of hydrogen-bond donors (Lipinski definition) is 1. The summed E-state index contributed by atoms with van der Waals surface area (Å²) < 4.78 is 4.18. The Hall–Kier alpha value is -2.14. The van der Waals surface area contributed by atoms with Crippen molar-refractivity contribution in [3.05, 3.63) is 17.6 Å². The van der Waals surface area contributed by atoms with E-state index in [1.54, 1.807) is 6.92 Å². The number of hydrogen-bond acceptors (Lipinski definition) is 5. The Bertz CT molecular complexity index is 231. The van der Waals surface area contributed by atoms with Crippen LogP contribution in [0.1, 0.15) is 13.8 Å². The number of ether oxygens (including phenoxy) is 1. The summed E-state index contributed by atoms with van der Waals surface area (Å²) in [4.78, 5) is 27.3. The Morgan fingerprint density at radius 2 is 1.87 bits per heavy atom. The van der Waals surface area contributed by atoms with E-state index in [-0.39, 0.29) is 5.57 Å². The standard InChI is InChI=1S/C4H6O2.C3H7NO2.CNO/c1-3(2)4(5)6;1-2-6-3(4)5;2-1-3/h1H2,2H3,(H,5,6);2H2,1H3,(H2,4,5);/q;;-1/p-1. The highest BCUT2D eigenvalue weighted by atomic mass is 16.5. The summed E-state index contributed by atoms with van der Waals surface area (Å²) in [6.07, 6.45) is -0.211. The van der Waals surface area contributed by atoms with Gasteiger partial charge in [0.15, 0.2) is 0 Å². The lowest BCUT2D eigenvalue weighted by molar-refractivity contribution is -0.299. The highest BCUT2D eigenvalue weighted by Gasteiger charge is 1.82. The summed E-state index contributed by atoms with van der Waals surface area (Å²) in [7, 11) is 0. The molecule has 2 N–H and O–H groups in total. The van der Waals surface area contributed by atoms with Crippen molar-refractivity contribution in [2.75, 3.05) is 6.61 Å². The molecule has 0 aliphatic heterocycles. The monoisotopic (exact) mass is 216 g/mol. The lowest BCUT2D eigenvalue weighted by Gasteiger charge is -1.93. The number of isocyanates is 1. The van der Waals surface area contributed by atoms with Gasteiger partial charge in [-0.05, 0) is 25.5 Å². The normalized spacial score (nSPS) is 6.53. The van der Waals surface area contributed by atoms with Crippen molar-refractivity contribution in [3.63, 3.8) is 0 Å². The van der Waals surface area contributed by atoms with Gasteiger partial charge in [-0.25, -0.2) is 4.79 Å². The van der Waals surface area contributed by atoms with Crippen LogP contribution in [-0.4, -0.2) is 24.7 Å². The Morgan fingerprint density at radius 1 is 1.60 bits per heavy atom. The molecule has 0 aromatic rings. The van der Waals surface area contributed by atoms with E-state index in [9.17, 15) is 14.7 Å². The predicted octanol–water partition coefficient (Wildman–Crippen LogP) is -0.694. The fraction of sp³-hybridized carbons (Fsp3) is 0.375. The number of amides is 1. The number of carbonyl (C=O) groups excluding carboxylic acids is 3. The third kappa shape index (κ3) is 48.8. The van der Waals surface area contributed by atoms with Crippen LogP contribution in [0.5, 0.6) is 0 Å². The zero-order chi connectivity index (χ0) is 12.9. The van der Waals surface area contributed by atoms with Crippen molar-refractivity contribution in [3.8, 4) is 0 Å². The number of nitrogens with two attached hydrogens (primary N) is 1. The van der Waals surface area contributed by atoms with Crippen LogP contribution >= 0.6 is 0 Å². The fourth-order valence-electron chi connectivity index (χ4n) is 0.142. The van der Waals surface area contributed by atoms with Crippen molar-refractivity contribution >= 4 is 18.1 Å². The summed E-state index contributed by atoms with van der Waals surface area (Å²) >= 11 is 0. The van der Waals surface area contributed by atoms with E-state index < -0.39 is 12.1 Å². The second-order valence-electron chi connectivity index (χ2n) is 1.91. The minimum atomic E-state index is -1.19. The number of carboxylic acid groups (broad SMARTS) is 1. The maximum atomic E-state index is 9.60. The maximum absolute atomic E-state index is 9.60. The summed E-state index contributed by atoms with van der Waals surface area (Å²) in [5.41, 5.74) is 4.61. The molecule has 0 spiro atoms. The van der Waals surface area contributed by atoms with Crippen LogP contribution in [0.25, 0.3) is 5.41 Å². The van der Waals surface area contributed by atoms with E-state index in [0.717, 1.165) is 0 Å². The van der Waals surface area contributed by atoms with Crippen LogP contribution in [0.15, 0.2) is 12.2 Å². The van der Waals surface area contributed by atoms with Crippen molar-refractivity contribution in [1.29, 1.82) is 0 Å². The number of carboxylic acids is 1. The van der Waals surface area contributed by atoms with Gasteiger partial charge in [-0.3, -0.25) is 4.79 Å². The van der Waals surface area contributed by atoms with Crippen LogP contribution in [0.2, 0.25) is 0 Å². The van der Waals surface area contributed by atoms with Crippen LogP contribution < -0.4 is 10.8 Å². The van der Waals surface area contributed by atoms with E-state index in [4.69, 9.17) is 10.2 Å². The van der Waals surface area contributed by atoms with Gasteiger partial charge in [0.05, 0.1) is 12.6 Å². The van der Waals surface area contributed by atoms with Gasteiger partial charge in [-0.15, -0.1) is 0 Å². The number of rotatable bonds is 2. The Balaban J connectivity index is -0.000000153. The van der Waals surface area contributed by atoms with Gasteiger partial charge in [0.1, 0.15) is 0 Å². The highest BCUT2D eigenvalue weighted by Crippen LogP contribution is 1.77. The molecule has 7 heteroatoms. The van der Waals surface area contributed by atoms with Crippen LogP contribution in [0.3, 0.4) is 0 Å². The van der Waals surface area contributed by atoms with Gasteiger partial charge < -0.3 is 25.8 Å². The van der Waals surface area contributed by atoms with E-state index in [1.807, 2.05) is 0 Å². The number of primary amides is 1. The maximum Gasteiger partial charge on any atom is 0.404 e. The zero-order valence-corrected chi connectivity index (χ0v) is 8.48. The van der Waals surface area contributed by atoms with Crippen LogP contribution in [-0.2, 0) is 14.3 Å².